The highest BCUT2D eigenvalue weighted by atomic mass is 16.3. The largest absolute Gasteiger partial charge is 0.492 e. The number of benzene rings is 1. The van der Waals surface area contributed by atoms with Crippen molar-refractivity contribution in [3.8, 4) is 5.88 Å². The van der Waals surface area contributed by atoms with Crippen molar-refractivity contribution in [1.29, 1.82) is 0 Å². The molecule has 0 aliphatic carbocycles. The van der Waals surface area contributed by atoms with E-state index in [4.69, 9.17) is 5.73 Å². The van der Waals surface area contributed by atoms with Gasteiger partial charge < -0.3 is 15.4 Å². The summed E-state index contributed by atoms with van der Waals surface area (Å²) in [5.74, 6) is -0.987. The van der Waals surface area contributed by atoms with Gasteiger partial charge in [-0.15, -0.1) is 0 Å². The number of carbonyl (C=O) groups is 1. The van der Waals surface area contributed by atoms with E-state index in [9.17, 15) is 9.90 Å². The molecule has 0 unspecified atom stereocenters. The van der Waals surface area contributed by atoms with Crippen LogP contribution in [0.1, 0.15) is 16.1 Å². The third-order valence-corrected chi connectivity index (χ3v) is 2.54. The summed E-state index contributed by atoms with van der Waals surface area (Å²) >= 11 is 0. The van der Waals surface area contributed by atoms with Crippen LogP contribution in [0.15, 0.2) is 36.7 Å². The molecule has 0 saturated carbocycles. The average molecular weight is 231 g/mol. The van der Waals surface area contributed by atoms with Crippen molar-refractivity contribution < 1.29 is 9.90 Å². The molecular weight excluding hydrogens is 218 g/mol. The molecule has 0 atom stereocenters. The van der Waals surface area contributed by atoms with Crippen molar-refractivity contribution in [2.45, 2.75) is 13.0 Å². The third-order valence-electron chi connectivity index (χ3n) is 2.54. The molecule has 1 aromatic heterocycles. The van der Waals surface area contributed by atoms with Gasteiger partial charge in [0.05, 0.1) is 6.33 Å². The minimum atomic E-state index is -0.673. The van der Waals surface area contributed by atoms with Gasteiger partial charge in [-0.25, -0.2) is 4.98 Å². The smallest absolute Gasteiger partial charge is 0.271 e. The zero-order valence-corrected chi connectivity index (χ0v) is 9.21. The lowest BCUT2D eigenvalue weighted by Crippen LogP contribution is -2.17. The van der Waals surface area contributed by atoms with E-state index in [0.717, 1.165) is 12.0 Å². The second kappa shape index (κ2) is 4.69. The molecule has 1 amide bonds. The monoisotopic (exact) mass is 231 g/mol. The van der Waals surface area contributed by atoms with Crippen molar-refractivity contribution >= 4 is 5.91 Å². The lowest BCUT2D eigenvalue weighted by atomic mass is 10.1. The fraction of sp³-hybridized carbons (Fsp3) is 0.167. The second-order valence-electron chi connectivity index (χ2n) is 3.71. The van der Waals surface area contributed by atoms with E-state index in [2.05, 4.69) is 4.98 Å². The van der Waals surface area contributed by atoms with Gasteiger partial charge in [-0.05, 0) is 12.0 Å². The van der Waals surface area contributed by atoms with Gasteiger partial charge in [0.1, 0.15) is 0 Å². The number of nitrogens with two attached hydrogens (primary N) is 1. The van der Waals surface area contributed by atoms with Crippen LogP contribution in [-0.4, -0.2) is 20.6 Å². The van der Waals surface area contributed by atoms with E-state index < -0.39 is 5.91 Å². The van der Waals surface area contributed by atoms with Gasteiger partial charge in [0.25, 0.3) is 5.91 Å². The number of hydrogen-bond donors (Lipinski definition) is 2. The number of carbonyl (C=O) groups excluding carboxylic acids is 1. The summed E-state index contributed by atoms with van der Waals surface area (Å²) in [7, 11) is 0. The Labute approximate surface area is 98.5 Å². The van der Waals surface area contributed by atoms with Crippen LogP contribution in [-0.2, 0) is 13.0 Å². The van der Waals surface area contributed by atoms with Crippen LogP contribution in [0.2, 0.25) is 0 Å². The fourth-order valence-electron chi connectivity index (χ4n) is 1.69. The molecule has 2 aromatic rings. The van der Waals surface area contributed by atoms with Crippen LogP contribution >= 0.6 is 0 Å². The van der Waals surface area contributed by atoms with Crippen LogP contribution in [0.5, 0.6) is 5.88 Å². The molecule has 5 heteroatoms. The Balaban J connectivity index is 2.12. The highest BCUT2D eigenvalue weighted by Gasteiger charge is 2.14. The van der Waals surface area contributed by atoms with Gasteiger partial charge in [0, 0.05) is 6.54 Å². The molecule has 0 aliphatic heterocycles. The Hall–Kier alpha value is -2.30. The number of aryl methyl sites for hydroxylation is 2. The number of rotatable bonds is 4. The highest BCUT2D eigenvalue weighted by molar-refractivity contribution is 5.93. The van der Waals surface area contributed by atoms with E-state index in [1.165, 1.54) is 6.33 Å². The number of primary amides is 1. The van der Waals surface area contributed by atoms with Crippen LogP contribution in [0.25, 0.3) is 0 Å². The van der Waals surface area contributed by atoms with Crippen molar-refractivity contribution in [1.82, 2.24) is 9.55 Å². The summed E-state index contributed by atoms with van der Waals surface area (Å²) in [4.78, 5) is 14.8. The Morgan fingerprint density at radius 1 is 1.35 bits per heavy atom. The molecule has 88 valence electrons. The molecule has 0 fully saturated rings. The van der Waals surface area contributed by atoms with Gasteiger partial charge in [-0.2, -0.15) is 0 Å². The quantitative estimate of drug-likeness (QED) is 0.821. The van der Waals surface area contributed by atoms with Gasteiger partial charge in [-0.1, -0.05) is 30.3 Å². The van der Waals surface area contributed by atoms with E-state index in [-0.39, 0.29) is 11.6 Å². The summed E-state index contributed by atoms with van der Waals surface area (Å²) in [6.07, 6.45) is 2.16. The van der Waals surface area contributed by atoms with Crippen LogP contribution in [0.4, 0.5) is 0 Å². The number of aromatic nitrogens is 2. The van der Waals surface area contributed by atoms with Gasteiger partial charge in [0.15, 0.2) is 5.69 Å². The summed E-state index contributed by atoms with van der Waals surface area (Å²) in [6.45, 7) is 0.551. The number of imidazole rings is 1. The van der Waals surface area contributed by atoms with Crippen LogP contribution < -0.4 is 5.73 Å². The predicted molar refractivity (Wildman–Crippen MR) is 62.6 cm³/mol. The summed E-state index contributed by atoms with van der Waals surface area (Å²) in [6, 6.07) is 9.86. The molecule has 2 rings (SSSR count). The minimum Gasteiger partial charge on any atom is -0.492 e. The first-order chi connectivity index (χ1) is 8.18. The first kappa shape index (κ1) is 11.2. The van der Waals surface area contributed by atoms with Crippen LogP contribution in [0.3, 0.4) is 0 Å². The van der Waals surface area contributed by atoms with Gasteiger partial charge >= 0.3 is 0 Å². The van der Waals surface area contributed by atoms with Crippen LogP contribution in [0, 0.1) is 0 Å². The predicted octanol–water partition coefficient (Wildman–Crippen LogP) is 0.930. The molecule has 0 saturated heterocycles. The average Bonchev–Trinajstić information content (AvgIpc) is 2.69. The maximum absolute atomic E-state index is 11.1. The Morgan fingerprint density at radius 2 is 2.06 bits per heavy atom. The Morgan fingerprint density at radius 3 is 2.71 bits per heavy atom. The molecule has 3 N–H and O–H groups in total. The topological polar surface area (TPSA) is 81.1 Å². The Kier molecular flexibility index (Phi) is 3.09. The SMILES string of the molecule is NC(=O)c1c(O)ncn1CCc1ccccc1. The molecule has 17 heavy (non-hydrogen) atoms. The zero-order valence-electron chi connectivity index (χ0n) is 9.21. The van der Waals surface area contributed by atoms with Crippen molar-refractivity contribution in [2.75, 3.05) is 0 Å². The minimum absolute atomic E-state index is 0.0564. The number of hydrogen-bond acceptors (Lipinski definition) is 3. The van der Waals surface area contributed by atoms with E-state index in [1.807, 2.05) is 30.3 Å². The fourth-order valence-corrected chi connectivity index (χ4v) is 1.69. The number of aromatic hydroxyl groups is 1. The molecule has 1 heterocycles. The zero-order chi connectivity index (χ0) is 12.3. The Bertz CT molecular complexity index is 520. The van der Waals surface area contributed by atoms with Crippen molar-refractivity contribution in [2.24, 2.45) is 5.73 Å². The molecule has 0 bridgehead atoms. The van der Waals surface area contributed by atoms with Crippen molar-refractivity contribution in [3.63, 3.8) is 0 Å². The maximum Gasteiger partial charge on any atom is 0.271 e. The molecule has 0 aliphatic rings. The molecule has 5 nitrogen and oxygen atoms in total. The number of nitrogens with zero attached hydrogens (tertiary/aromatic N) is 2. The van der Waals surface area contributed by atoms with Crippen molar-refractivity contribution in [3.05, 3.63) is 47.9 Å². The standard InChI is InChI=1S/C12H13N3O2/c13-11(16)10-12(17)14-8-15(10)7-6-9-4-2-1-3-5-9/h1-5,8,17H,6-7H2,(H2,13,16). The normalized spacial score (nSPS) is 10.4. The maximum atomic E-state index is 11.1. The molecule has 0 radical (unpaired) electrons. The first-order valence-corrected chi connectivity index (χ1v) is 5.26. The second-order valence-corrected chi connectivity index (χ2v) is 3.71. The van der Waals surface area contributed by atoms with E-state index in [0.29, 0.717) is 6.54 Å². The first-order valence-electron chi connectivity index (χ1n) is 5.26. The molecule has 0 spiro atoms. The lowest BCUT2D eigenvalue weighted by Gasteiger charge is -2.05. The third kappa shape index (κ3) is 2.44. The molecule has 1 aromatic carbocycles. The summed E-state index contributed by atoms with van der Waals surface area (Å²) in [5.41, 5.74) is 6.37. The summed E-state index contributed by atoms with van der Waals surface area (Å²) < 4.78 is 1.56. The van der Waals surface area contributed by atoms with E-state index >= 15 is 0 Å². The van der Waals surface area contributed by atoms with Gasteiger partial charge in [0.2, 0.25) is 5.88 Å². The number of amides is 1. The summed E-state index contributed by atoms with van der Waals surface area (Å²) in [5, 5.41) is 9.37. The van der Waals surface area contributed by atoms with E-state index in [1.54, 1.807) is 4.57 Å². The highest BCUT2D eigenvalue weighted by Crippen LogP contribution is 2.14. The lowest BCUT2D eigenvalue weighted by molar-refractivity contribution is 0.0988. The van der Waals surface area contributed by atoms with Gasteiger partial charge in [-0.3, -0.25) is 4.79 Å². The molecular formula is C12H13N3O2.